The number of hydrogen-bond donors (Lipinski definition) is 1. The highest BCUT2D eigenvalue weighted by Gasteiger charge is 2.32. The first-order valence-corrected chi connectivity index (χ1v) is 9.45. The van der Waals surface area contributed by atoms with Crippen molar-refractivity contribution >= 4 is 5.91 Å². The van der Waals surface area contributed by atoms with E-state index in [1.807, 2.05) is 31.0 Å². The fraction of sp³-hybridized carbons (Fsp3) is 0.650. The van der Waals surface area contributed by atoms with Crippen LogP contribution in [0.1, 0.15) is 44.2 Å². The van der Waals surface area contributed by atoms with Gasteiger partial charge >= 0.3 is 0 Å². The third-order valence-corrected chi connectivity index (χ3v) is 5.33. The van der Waals surface area contributed by atoms with E-state index in [0.717, 1.165) is 44.5 Å². The van der Waals surface area contributed by atoms with Crippen molar-refractivity contribution in [1.29, 1.82) is 0 Å². The Morgan fingerprint density at radius 1 is 1.32 bits per heavy atom. The van der Waals surface area contributed by atoms with Crippen LogP contribution in [0.15, 0.2) is 24.3 Å². The maximum absolute atomic E-state index is 12.8. The Kier molecular flexibility index (Phi) is 5.97. The van der Waals surface area contributed by atoms with Crippen molar-refractivity contribution in [2.24, 2.45) is 5.92 Å². The van der Waals surface area contributed by atoms with Gasteiger partial charge in [0.05, 0.1) is 25.3 Å². The Balaban J connectivity index is 1.55. The van der Waals surface area contributed by atoms with Gasteiger partial charge in [-0.25, -0.2) is 0 Å². The minimum atomic E-state index is -0.128. The number of benzene rings is 1. The summed E-state index contributed by atoms with van der Waals surface area (Å²) >= 11 is 0. The highest BCUT2D eigenvalue weighted by atomic mass is 16.5. The van der Waals surface area contributed by atoms with Gasteiger partial charge in [0.15, 0.2) is 0 Å². The van der Waals surface area contributed by atoms with E-state index >= 15 is 0 Å². The van der Waals surface area contributed by atoms with E-state index in [1.165, 1.54) is 5.56 Å². The SMILES string of the molecule is CCOc1ccc(C2CCCN2C(=O)CN(C)CC2CC(O)C2)cc1. The van der Waals surface area contributed by atoms with Crippen molar-refractivity contribution in [3.8, 4) is 5.75 Å². The zero-order valence-electron chi connectivity index (χ0n) is 15.4. The number of amides is 1. The van der Waals surface area contributed by atoms with E-state index in [2.05, 4.69) is 17.0 Å². The molecule has 1 saturated heterocycles. The summed E-state index contributed by atoms with van der Waals surface area (Å²) in [5.41, 5.74) is 1.19. The quantitative estimate of drug-likeness (QED) is 0.824. The predicted molar refractivity (Wildman–Crippen MR) is 97.5 cm³/mol. The van der Waals surface area contributed by atoms with Gasteiger partial charge in [-0.3, -0.25) is 9.69 Å². The van der Waals surface area contributed by atoms with Crippen LogP contribution in [0.25, 0.3) is 0 Å². The molecule has 1 aromatic rings. The van der Waals surface area contributed by atoms with Crippen molar-refractivity contribution in [2.75, 3.05) is 33.3 Å². The number of aliphatic hydroxyl groups excluding tert-OH is 1. The molecule has 1 aromatic carbocycles. The van der Waals surface area contributed by atoms with Crippen molar-refractivity contribution in [1.82, 2.24) is 9.80 Å². The number of nitrogens with zero attached hydrogens (tertiary/aromatic N) is 2. The van der Waals surface area contributed by atoms with Crippen LogP contribution in [0.3, 0.4) is 0 Å². The number of carbonyl (C=O) groups excluding carboxylic acids is 1. The maximum atomic E-state index is 12.8. The molecule has 25 heavy (non-hydrogen) atoms. The molecule has 1 unspecified atom stereocenters. The second kappa shape index (κ2) is 8.19. The maximum Gasteiger partial charge on any atom is 0.237 e. The summed E-state index contributed by atoms with van der Waals surface area (Å²) in [4.78, 5) is 16.9. The van der Waals surface area contributed by atoms with Gasteiger partial charge in [-0.05, 0) is 63.3 Å². The van der Waals surface area contributed by atoms with Gasteiger partial charge in [0.25, 0.3) is 0 Å². The summed E-state index contributed by atoms with van der Waals surface area (Å²) in [6, 6.07) is 8.34. The molecule has 5 heteroatoms. The monoisotopic (exact) mass is 346 g/mol. The molecule has 1 heterocycles. The first-order valence-electron chi connectivity index (χ1n) is 9.45. The number of carbonyl (C=O) groups is 1. The molecule has 138 valence electrons. The van der Waals surface area contributed by atoms with Crippen LogP contribution in [-0.2, 0) is 4.79 Å². The number of hydrogen-bond acceptors (Lipinski definition) is 4. The number of rotatable bonds is 7. The lowest BCUT2D eigenvalue weighted by atomic mass is 9.82. The van der Waals surface area contributed by atoms with Gasteiger partial charge in [0.1, 0.15) is 5.75 Å². The van der Waals surface area contributed by atoms with Crippen molar-refractivity contribution in [3.63, 3.8) is 0 Å². The Labute approximate surface area is 150 Å². The van der Waals surface area contributed by atoms with Crippen LogP contribution >= 0.6 is 0 Å². The second-order valence-corrected chi connectivity index (χ2v) is 7.44. The van der Waals surface area contributed by atoms with Crippen LogP contribution in [0, 0.1) is 5.92 Å². The third-order valence-electron chi connectivity index (χ3n) is 5.33. The largest absolute Gasteiger partial charge is 0.494 e. The molecule has 0 aromatic heterocycles. The molecule has 1 saturated carbocycles. The van der Waals surface area contributed by atoms with E-state index in [-0.39, 0.29) is 18.1 Å². The molecule has 5 nitrogen and oxygen atoms in total. The van der Waals surface area contributed by atoms with Crippen LogP contribution in [0.2, 0.25) is 0 Å². The first-order chi connectivity index (χ1) is 12.1. The molecule has 2 fully saturated rings. The highest BCUT2D eigenvalue weighted by Crippen LogP contribution is 2.33. The van der Waals surface area contributed by atoms with Gasteiger partial charge in [-0.1, -0.05) is 12.1 Å². The second-order valence-electron chi connectivity index (χ2n) is 7.44. The first kappa shape index (κ1) is 18.2. The van der Waals surface area contributed by atoms with E-state index in [9.17, 15) is 9.90 Å². The molecule has 0 radical (unpaired) electrons. The van der Waals surface area contributed by atoms with Crippen LogP contribution in [0.4, 0.5) is 0 Å². The molecule has 3 rings (SSSR count). The average Bonchev–Trinajstić information content (AvgIpc) is 3.04. The van der Waals surface area contributed by atoms with Crippen LogP contribution in [-0.4, -0.2) is 60.2 Å². The molecule has 1 amide bonds. The highest BCUT2D eigenvalue weighted by molar-refractivity contribution is 5.79. The Morgan fingerprint density at radius 3 is 2.68 bits per heavy atom. The zero-order chi connectivity index (χ0) is 17.8. The normalized spacial score (nSPS) is 25.9. The number of likely N-dealkylation sites (N-methyl/N-ethyl adjacent to an activating group) is 1. The Hall–Kier alpha value is -1.59. The zero-order valence-corrected chi connectivity index (χ0v) is 15.4. The summed E-state index contributed by atoms with van der Waals surface area (Å²) in [5.74, 6) is 1.62. The lowest BCUT2D eigenvalue weighted by Crippen LogP contribution is -2.42. The van der Waals surface area contributed by atoms with Crippen LogP contribution in [0.5, 0.6) is 5.75 Å². The molecular weight excluding hydrogens is 316 g/mol. The standard InChI is InChI=1S/C20H30N2O3/c1-3-25-18-8-6-16(7-9-18)19-5-4-10-22(19)20(24)14-21(2)13-15-11-17(23)12-15/h6-9,15,17,19,23H,3-5,10-14H2,1-2H3. The fourth-order valence-corrected chi connectivity index (χ4v) is 4.04. The third kappa shape index (κ3) is 4.53. The molecule has 0 spiro atoms. The average molecular weight is 346 g/mol. The minimum Gasteiger partial charge on any atom is -0.494 e. The molecule has 1 aliphatic heterocycles. The van der Waals surface area contributed by atoms with Gasteiger partial charge < -0.3 is 14.7 Å². The summed E-state index contributed by atoms with van der Waals surface area (Å²) < 4.78 is 5.51. The summed E-state index contributed by atoms with van der Waals surface area (Å²) in [6.45, 7) is 4.83. The molecule has 1 N–H and O–H groups in total. The Morgan fingerprint density at radius 2 is 2.04 bits per heavy atom. The summed E-state index contributed by atoms with van der Waals surface area (Å²) in [6.07, 6.45) is 3.70. The van der Waals surface area contributed by atoms with Crippen molar-refractivity contribution < 1.29 is 14.6 Å². The number of aliphatic hydroxyl groups is 1. The van der Waals surface area contributed by atoms with Gasteiger partial charge in [-0.2, -0.15) is 0 Å². The summed E-state index contributed by atoms with van der Waals surface area (Å²) in [7, 11) is 2.00. The minimum absolute atomic E-state index is 0.128. The summed E-state index contributed by atoms with van der Waals surface area (Å²) in [5, 5.41) is 9.40. The van der Waals surface area contributed by atoms with E-state index in [4.69, 9.17) is 4.74 Å². The topological polar surface area (TPSA) is 53.0 Å². The molecule has 1 aliphatic carbocycles. The van der Waals surface area contributed by atoms with Gasteiger partial charge in [-0.15, -0.1) is 0 Å². The molecule has 1 atom stereocenters. The number of likely N-dealkylation sites (tertiary alicyclic amines) is 1. The van der Waals surface area contributed by atoms with Crippen LogP contribution < -0.4 is 4.74 Å². The smallest absolute Gasteiger partial charge is 0.237 e. The van der Waals surface area contributed by atoms with Gasteiger partial charge in [0.2, 0.25) is 5.91 Å². The van der Waals surface area contributed by atoms with E-state index in [0.29, 0.717) is 19.1 Å². The van der Waals surface area contributed by atoms with Crippen molar-refractivity contribution in [3.05, 3.63) is 29.8 Å². The molecular formula is C20H30N2O3. The van der Waals surface area contributed by atoms with E-state index in [1.54, 1.807) is 0 Å². The van der Waals surface area contributed by atoms with E-state index < -0.39 is 0 Å². The predicted octanol–water partition coefficient (Wildman–Crippen LogP) is 2.45. The molecule has 0 bridgehead atoms. The lowest BCUT2D eigenvalue weighted by Gasteiger charge is -2.35. The number of ether oxygens (including phenoxy) is 1. The Bertz CT molecular complexity index is 569. The van der Waals surface area contributed by atoms with Gasteiger partial charge in [0, 0.05) is 13.1 Å². The molecule has 2 aliphatic rings. The van der Waals surface area contributed by atoms with Crippen molar-refractivity contribution in [2.45, 2.75) is 44.8 Å². The fourth-order valence-electron chi connectivity index (χ4n) is 4.04. The lowest BCUT2D eigenvalue weighted by molar-refractivity contribution is -0.133.